The van der Waals surface area contributed by atoms with Gasteiger partial charge in [-0.15, -0.1) is 0 Å². The van der Waals surface area contributed by atoms with Gasteiger partial charge in [-0.1, -0.05) is 11.6 Å². The van der Waals surface area contributed by atoms with Crippen molar-refractivity contribution in [3.05, 3.63) is 32.1 Å². The van der Waals surface area contributed by atoms with Crippen LogP contribution >= 0.6 is 39.3 Å². The van der Waals surface area contributed by atoms with E-state index in [4.69, 9.17) is 26.2 Å². The lowest BCUT2D eigenvalue weighted by Gasteiger charge is -2.11. The average molecular weight is 451 g/mol. The zero-order valence-corrected chi connectivity index (χ0v) is 16.1. The molecular weight excluding hydrogens is 438 g/mol. The summed E-state index contributed by atoms with van der Waals surface area (Å²) in [4.78, 5) is 36.1. The Balaban J connectivity index is 2.22. The number of thioether (sulfide) groups is 1. The largest absolute Gasteiger partial charge is 0.479 e. The Morgan fingerprint density at radius 1 is 1.44 bits per heavy atom. The molecule has 0 aliphatic carbocycles. The number of aliphatic carboxylic acids is 1. The fourth-order valence-corrected chi connectivity index (χ4v) is 3.82. The maximum Gasteiger partial charge on any atom is 0.341 e. The SMILES string of the molecule is COCCN1C(=O)S/C(=C/c2cc(Cl)c(OCC(=O)O)c(Br)c2)C1=O. The number of ether oxygens (including phenoxy) is 2. The fourth-order valence-electron chi connectivity index (χ4n) is 1.96. The Hall–Kier alpha value is -1.55. The third kappa shape index (κ3) is 4.97. The van der Waals surface area contributed by atoms with Crippen molar-refractivity contribution < 1.29 is 29.0 Å². The lowest BCUT2D eigenvalue weighted by atomic mass is 10.2. The van der Waals surface area contributed by atoms with E-state index in [9.17, 15) is 14.4 Å². The summed E-state index contributed by atoms with van der Waals surface area (Å²) < 4.78 is 10.4. The van der Waals surface area contributed by atoms with Gasteiger partial charge in [0.15, 0.2) is 12.4 Å². The lowest BCUT2D eigenvalue weighted by molar-refractivity contribution is -0.139. The number of nitrogens with zero attached hydrogens (tertiary/aromatic N) is 1. The number of carbonyl (C=O) groups is 3. The topological polar surface area (TPSA) is 93.1 Å². The zero-order chi connectivity index (χ0) is 18.6. The standard InChI is InChI=1S/C15H13BrClNO6S/c1-23-3-2-18-14(21)11(25-15(18)22)6-8-4-9(16)13(10(17)5-8)24-7-12(19)20/h4-6H,2-3,7H2,1H3,(H,19,20)/b11-6+. The van der Waals surface area contributed by atoms with Gasteiger partial charge in [-0.05, 0) is 51.5 Å². The normalized spacial score (nSPS) is 16.0. The number of benzene rings is 1. The van der Waals surface area contributed by atoms with Crippen LogP contribution in [0.3, 0.4) is 0 Å². The maximum absolute atomic E-state index is 12.3. The van der Waals surface area contributed by atoms with Gasteiger partial charge in [0.1, 0.15) is 0 Å². The van der Waals surface area contributed by atoms with Crippen LogP contribution in [-0.2, 0) is 14.3 Å². The number of carbonyl (C=O) groups excluding carboxylic acids is 2. The monoisotopic (exact) mass is 449 g/mol. The highest BCUT2D eigenvalue weighted by molar-refractivity contribution is 9.10. The van der Waals surface area contributed by atoms with E-state index < -0.39 is 18.5 Å². The van der Waals surface area contributed by atoms with Crippen molar-refractivity contribution in [2.24, 2.45) is 0 Å². The molecule has 1 saturated heterocycles. The van der Waals surface area contributed by atoms with Crippen molar-refractivity contribution in [3.63, 3.8) is 0 Å². The van der Waals surface area contributed by atoms with E-state index in [2.05, 4.69) is 15.9 Å². The fraction of sp³-hybridized carbons (Fsp3) is 0.267. The molecule has 0 bridgehead atoms. The second kappa shape index (κ2) is 8.70. The predicted molar refractivity (Wildman–Crippen MR) is 96.8 cm³/mol. The molecule has 1 fully saturated rings. The number of amides is 2. The molecule has 1 N–H and O–H groups in total. The molecule has 134 valence electrons. The van der Waals surface area contributed by atoms with Crippen molar-refractivity contribution in [1.82, 2.24) is 4.90 Å². The Morgan fingerprint density at radius 3 is 2.76 bits per heavy atom. The van der Waals surface area contributed by atoms with Gasteiger partial charge in [0.05, 0.1) is 27.6 Å². The number of rotatable bonds is 7. The van der Waals surface area contributed by atoms with Gasteiger partial charge in [0, 0.05) is 7.11 Å². The zero-order valence-electron chi connectivity index (χ0n) is 13.0. The molecule has 2 rings (SSSR count). The first kappa shape index (κ1) is 19.8. The molecule has 0 aromatic heterocycles. The third-order valence-corrected chi connectivity index (χ3v) is 4.83. The molecular formula is C15H13BrClNO6S. The van der Waals surface area contributed by atoms with E-state index in [1.807, 2.05) is 0 Å². The minimum atomic E-state index is -1.13. The summed E-state index contributed by atoms with van der Waals surface area (Å²) in [6.07, 6.45) is 1.54. The van der Waals surface area contributed by atoms with Gasteiger partial charge in [-0.25, -0.2) is 4.79 Å². The number of halogens is 2. The van der Waals surface area contributed by atoms with E-state index in [1.54, 1.807) is 6.07 Å². The van der Waals surface area contributed by atoms with Gasteiger partial charge < -0.3 is 14.6 Å². The summed E-state index contributed by atoms with van der Waals surface area (Å²) in [6, 6.07) is 3.14. The van der Waals surface area contributed by atoms with Crippen molar-refractivity contribution in [2.75, 3.05) is 26.9 Å². The van der Waals surface area contributed by atoms with Crippen molar-refractivity contribution in [2.45, 2.75) is 0 Å². The molecule has 0 saturated carbocycles. The van der Waals surface area contributed by atoms with Crippen LogP contribution in [0.15, 0.2) is 21.5 Å². The average Bonchev–Trinajstić information content (AvgIpc) is 2.78. The molecule has 7 nitrogen and oxygen atoms in total. The van der Waals surface area contributed by atoms with Crippen LogP contribution in [0.4, 0.5) is 4.79 Å². The van der Waals surface area contributed by atoms with E-state index in [1.165, 1.54) is 19.3 Å². The minimum absolute atomic E-state index is 0.181. The number of carboxylic acids is 1. The van der Waals surface area contributed by atoms with E-state index in [0.29, 0.717) is 10.0 Å². The van der Waals surface area contributed by atoms with Crippen molar-refractivity contribution >= 4 is 62.5 Å². The van der Waals surface area contributed by atoms with Gasteiger partial charge >= 0.3 is 5.97 Å². The third-order valence-electron chi connectivity index (χ3n) is 3.05. The van der Waals surface area contributed by atoms with Crippen LogP contribution in [0.1, 0.15) is 5.56 Å². The highest BCUT2D eigenvalue weighted by atomic mass is 79.9. The Bertz CT molecular complexity index is 731. The van der Waals surface area contributed by atoms with Crippen LogP contribution in [0.25, 0.3) is 6.08 Å². The smallest absolute Gasteiger partial charge is 0.341 e. The molecule has 0 spiro atoms. The molecule has 10 heteroatoms. The van der Waals surface area contributed by atoms with E-state index in [-0.39, 0.29) is 34.1 Å². The Kier molecular flexibility index (Phi) is 6.88. The lowest BCUT2D eigenvalue weighted by Crippen LogP contribution is -2.31. The highest BCUT2D eigenvalue weighted by Gasteiger charge is 2.34. The quantitative estimate of drug-likeness (QED) is 0.637. The molecule has 1 aliphatic heterocycles. The predicted octanol–water partition coefficient (Wildman–Crippen LogP) is 3.25. The van der Waals surface area contributed by atoms with Gasteiger partial charge in [-0.3, -0.25) is 14.5 Å². The van der Waals surface area contributed by atoms with Crippen LogP contribution in [0.2, 0.25) is 5.02 Å². The van der Waals surface area contributed by atoms with Crippen molar-refractivity contribution in [1.29, 1.82) is 0 Å². The molecule has 0 unspecified atom stereocenters. The van der Waals surface area contributed by atoms with Gasteiger partial charge in [-0.2, -0.15) is 0 Å². The second-order valence-electron chi connectivity index (χ2n) is 4.82. The molecule has 1 aromatic rings. The van der Waals surface area contributed by atoms with Crippen LogP contribution in [-0.4, -0.2) is 54.0 Å². The summed E-state index contributed by atoms with van der Waals surface area (Å²) in [5.74, 6) is -1.34. The molecule has 1 heterocycles. The number of hydrogen-bond donors (Lipinski definition) is 1. The Labute approximate surface area is 161 Å². The number of methoxy groups -OCH3 is 1. The molecule has 0 atom stereocenters. The summed E-state index contributed by atoms with van der Waals surface area (Å²) in [5.41, 5.74) is 0.566. The number of carboxylic acid groups (broad SMARTS) is 1. The molecule has 2 amide bonds. The molecule has 0 radical (unpaired) electrons. The van der Waals surface area contributed by atoms with Crippen molar-refractivity contribution in [3.8, 4) is 5.75 Å². The summed E-state index contributed by atoms with van der Waals surface area (Å²) in [6.45, 7) is -0.0840. The van der Waals surface area contributed by atoms with Gasteiger partial charge in [0.25, 0.3) is 11.1 Å². The first-order valence-corrected chi connectivity index (χ1v) is 8.90. The first-order valence-electron chi connectivity index (χ1n) is 6.91. The maximum atomic E-state index is 12.3. The summed E-state index contributed by atoms with van der Waals surface area (Å²) in [7, 11) is 1.49. The number of hydrogen-bond acceptors (Lipinski definition) is 6. The summed E-state index contributed by atoms with van der Waals surface area (Å²) >= 11 is 10.2. The van der Waals surface area contributed by atoms with E-state index >= 15 is 0 Å². The van der Waals surface area contributed by atoms with E-state index in [0.717, 1.165) is 16.7 Å². The van der Waals surface area contributed by atoms with Crippen LogP contribution in [0.5, 0.6) is 5.75 Å². The molecule has 25 heavy (non-hydrogen) atoms. The highest BCUT2D eigenvalue weighted by Crippen LogP contribution is 2.37. The van der Waals surface area contributed by atoms with Crippen LogP contribution < -0.4 is 4.74 Å². The second-order valence-corrected chi connectivity index (χ2v) is 7.08. The first-order chi connectivity index (χ1) is 11.8. The minimum Gasteiger partial charge on any atom is -0.479 e. The number of imide groups is 1. The van der Waals surface area contributed by atoms with Crippen LogP contribution in [0, 0.1) is 0 Å². The summed E-state index contributed by atoms with van der Waals surface area (Å²) in [5, 5.41) is 8.48. The molecule has 1 aliphatic rings. The molecule has 1 aromatic carbocycles. The van der Waals surface area contributed by atoms with Gasteiger partial charge in [0.2, 0.25) is 0 Å². The Morgan fingerprint density at radius 2 is 2.16 bits per heavy atom.